The maximum Gasteiger partial charge on any atom is 0.393 e. The van der Waals surface area contributed by atoms with E-state index in [1.54, 1.807) is 36.4 Å². The number of alkyl halides is 4. The fourth-order valence-electron chi connectivity index (χ4n) is 4.80. The standard InChI is InChI=1S/C29H32F4N4O2S2/c1-37-14-12-23(22(30)17-37)36-25-6-3-5-20-21(16-29(31,32)33)27(40-28(20)25)7-4-13-35-24-11-10-19(41(2,34)38)15-26(24)39-18-8-9-18/h3,5-6,10-11,15,18,22-23,34-36H,8-9,12-14,16-17H2,1-2H3/t22-,23-,41?/m0/s1. The highest BCUT2D eigenvalue weighted by Gasteiger charge is 2.32. The molecule has 1 aliphatic heterocycles. The van der Waals surface area contributed by atoms with Gasteiger partial charge < -0.3 is 20.3 Å². The van der Waals surface area contributed by atoms with Gasteiger partial charge in [0.2, 0.25) is 0 Å². The Morgan fingerprint density at radius 2 is 1.98 bits per heavy atom. The van der Waals surface area contributed by atoms with Crippen molar-refractivity contribution in [2.24, 2.45) is 0 Å². The molecule has 0 radical (unpaired) electrons. The Kier molecular flexibility index (Phi) is 8.41. The second-order valence-corrected chi connectivity index (χ2v) is 13.9. The molecule has 1 aliphatic carbocycles. The average molecular weight is 609 g/mol. The van der Waals surface area contributed by atoms with Gasteiger partial charge in [-0.05, 0) is 61.5 Å². The molecule has 41 heavy (non-hydrogen) atoms. The summed E-state index contributed by atoms with van der Waals surface area (Å²) in [5, 5.41) is 6.85. The number of ether oxygens (including phenoxy) is 1. The van der Waals surface area contributed by atoms with Crippen molar-refractivity contribution in [2.45, 2.75) is 55.1 Å². The normalized spacial score (nSPS) is 21.1. The molecule has 3 aromatic rings. The molecule has 1 saturated heterocycles. The smallest absolute Gasteiger partial charge is 0.393 e. The Morgan fingerprint density at radius 3 is 2.66 bits per heavy atom. The van der Waals surface area contributed by atoms with Crippen molar-refractivity contribution in [2.75, 3.05) is 43.6 Å². The van der Waals surface area contributed by atoms with Gasteiger partial charge in [-0.25, -0.2) is 13.4 Å². The van der Waals surface area contributed by atoms with Gasteiger partial charge in [-0.2, -0.15) is 13.2 Å². The monoisotopic (exact) mass is 608 g/mol. The van der Waals surface area contributed by atoms with Crippen LogP contribution in [0, 0.1) is 16.6 Å². The van der Waals surface area contributed by atoms with Crippen LogP contribution in [0.25, 0.3) is 10.1 Å². The van der Waals surface area contributed by atoms with Gasteiger partial charge in [-0.15, -0.1) is 11.3 Å². The first-order valence-corrected chi connectivity index (χ1v) is 16.1. The number of hydrogen-bond donors (Lipinski definition) is 3. The minimum absolute atomic E-state index is 0.0731. The SMILES string of the molecule is CN1CC[C@H](Nc2cccc3c(CC(F)(F)F)c(C#CCNc4ccc(S(C)(=N)=O)cc4OC4CC4)sc23)[C@@H](F)C1. The van der Waals surface area contributed by atoms with Crippen molar-refractivity contribution in [1.82, 2.24) is 4.90 Å². The summed E-state index contributed by atoms with van der Waals surface area (Å²) in [6, 6.07) is 9.57. The summed E-state index contributed by atoms with van der Waals surface area (Å²) in [7, 11) is -1.06. The van der Waals surface area contributed by atoms with Gasteiger partial charge in [0.25, 0.3) is 0 Å². The Labute approximate surface area is 241 Å². The molecule has 1 unspecified atom stereocenters. The van der Waals surface area contributed by atoms with Gasteiger partial charge in [0, 0.05) is 19.3 Å². The van der Waals surface area contributed by atoms with E-state index in [-0.39, 0.29) is 18.2 Å². The molecule has 2 heterocycles. The number of benzene rings is 2. The Balaban J connectivity index is 1.40. The summed E-state index contributed by atoms with van der Waals surface area (Å²) in [4.78, 5) is 2.60. The van der Waals surface area contributed by atoms with Crippen LogP contribution in [0.1, 0.15) is 29.7 Å². The average Bonchev–Trinajstić information content (AvgIpc) is 3.64. The van der Waals surface area contributed by atoms with Crippen molar-refractivity contribution >= 4 is 42.5 Å². The summed E-state index contributed by atoms with van der Waals surface area (Å²) < 4.78 is 82.1. The summed E-state index contributed by atoms with van der Waals surface area (Å²) in [5.41, 5.74) is 1.34. The highest BCUT2D eigenvalue weighted by atomic mass is 32.2. The zero-order valence-electron chi connectivity index (χ0n) is 22.7. The lowest BCUT2D eigenvalue weighted by Crippen LogP contribution is -2.46. The third-order valence-corrected chi connectivity index (χ3v) is 9.42. The quantitative estimate of drug-likeness (QED) is 0.201. The number of likely N-dealkylation sites (tertiary alicyclic amines) is 1. The predicted molar refractivity (Wildman–Crippen MR) is 157 cm³/mol. The van der Waals surface area contributed by atoms with Crippen LogP contribution in [0.4, 0.5) is 28.9 Å². The van der Waals surface area contributed by atoms with E-state index in [9.17, 15) is 21.8 Å². The van der Waals surface area contributed by atoms with Crippen LogP contribution in [0.15, 0.2) is 41.3 Å². The van der Waals surface area contributed by atoms with Crippen LogP contribution < -0.4 is 15.4 Å². The number of thiophene rings is 1. The molecule has 12 heteroatoms. The third kappa shape index (κ3) is 7.45. The van der Waals surface area contributed by atoms with Gasteiger partial charge >= 0.3 is 6.18 Å². The van der Waals surface area contributed by atoms with Crippen LogP contribution in [0.2, 0.25) is 0 Å². The number of hydrogen-bond acceptors (Lipinski definition) is 7. The van der Waals surface area contributed by atoms with Crippen molar-refractivity contribution in [3.05, 3.63) is 46.8 Å². The van der Waals surface area contributed by atoms with Gasteiger partial charge in [-0.1, -0.05) is 24.0 Å². The highest BCUT2D eigenvalue weighted by Crippen LogP contribution is 2.40. The first kappa shape index (κ1) is 29.5. The molecule has 0 bridgehead atoms. The molecule has 3 atom stereocenters. The third-order valence-electron chi connectivity index (χ3n) is 7.07. The fourth-order valence-corrected chi connectivity index (χ4v) is 6.63. The van der Waals surface area contributed by atoms with Gasteiger partial charge in [0.1, 0.15) is 11.9 Å². The minimum Gasteiger partial charge on any atom is -0.488 e. The van der Waals surface area contributed by atoms with Crippen molar-refractivity contribution in [3.8, 4) is 17.6 Å². The Hall–Kier alpha value is -3.01. The van der Waals surface area contributed by atoms with E-state index in [4.69, 9.17) is 9.52 Å². The fraction of sp³-hybridized carbons (Fsp3) is 0.448. The molecular weight excluding hydrogens is 576 g/mol. The number of fused-ring (bicyclic) bond motifs is 1. The zero-order valence-corrected chi connectivity index (χ0v) is 24.4. The number of halogens is 4. The zero-order chi connectivity index (χ0) is 29.4. The van der Waals surface area contributed by atoms with Crippen LogP contribution in [0.3, 0.4) is 0 Å². The molecule has 5 rings (SSSR count). The van der Waals surface area contributed by atoms with Crippen LogP contribution in [0.5, 0.6) is 5.75 Å². The molecular formula is C29H32F4N4O2S2. The maximum atomic E-state index is 14.7. The van der Waals surface area contributed by atoms with Crippen molar-refractivity contribution in [3.63, 3.8) is 0 Å². The Bertz CT molecular complexity index is 1590. The first-order valence-electron chi connectivity index (χ1n) is 13.3. The van der Waals surface area contributed by atoms with E-state index in [1.165, 1.54) is 17.6 Å². The van der Waals surface area contributed by atoms with Gasteiger partial charge in [0.05, 0.1) is 60.7 Å². The minimum atomic E-state index is -4.42. The van der Waals surface area contributed by atoms with Crippen molar-refractivity contribution in [1.29, 1.82) is 4.78 Å². The molecule has 0 amide bonds. The van der Waals surface area contributed by atoms with E-state index in [1.807, 2.05) is 11.9 Å². The maximum absolute atomic E-state index is 14.7. The molecule has 2 fully saturated rings. The summed E-state index contributed by atoms with van der Waals surface area (Å²) >= 11 is 1.18. The van der Waals surface area contributed by atoms with Crippen molar-refractivity contribution < 1.29 is 26.5 Å². The van der Waals surface area contributed by atoms with E-state index in [0.29, 0.717) is 49.9 Å². The molecule has 3 N–H and O–H groups in total. The van der Waals surface area contributed by atoms with E-state index >= 15 is 0 Å². The van der Waals surface area contributed by atoms with Crippen LogP contribution >= 0.6 is 11.3 Å². The number of nitrogens with one attached hydrogen (secondary N) is 3. The number of rotatable bonds is 8. The molecule has 2 aliphatic rings. The summed E-state index contributed by atoms with van der Waals surface area (Å²) in [6.45, 7) is 1.17. The molecule has 1 aromatic heterocycles. The summed E-state index contributed by atoms with van der Waals surface area (Å²) in [5.74, 6) is 6.34. The number of nitrogens with zero attached hydrogens (tertiary/aromatic N) is 1. The lowest BCUT2D eigenvalue weighted by Gasteiger charge is -2.33. The second-order valence-electron chi connectivity index (χ2n) is 10.7. The molecule has 220 valence electrons. The topological polar surface area (TPSA) is 77.5 Å². The first-order chi connectivity index (χ1) is 19.4. The predicted octanol–water partition coefficient (Wildman–Crippen LogP) is 6.50. The molecule has 1 saturated carbocycles. The largest absolute Gasteiger partial charge is 0.488 e. The van der Waals surface area contributed by atoms with E-state index in [0.717, 1.165) is 19.4 Å². The second kappa shape index (κ2) is 11.7. The highest BCUT2D eigenvalue weighted by molar-refractivity contribution is 7.91. The molecule has 6 nitrogen and oxygen atoms in total. The lowest BCUT2D eigenvalue weighted by atomic mass is 10.0. The van der Waals surface area contributed by atoms with E-state index < -0.39 is 34.5 Å². The van der Waals surface area contributed by atoms with Crippen LogP contribution in [-0.2, 0) is 16.1 Å². The molecule has 2 aromatic carbocycles. The van der Waals surface area contributed by atoms with E-state index in [2.05, 4.69) is 22.5 Å². The number of anilines is 2. The summed E-state index contributed by atoms with van der Waals surface area (Å²) in [6.07, 6.45) is -2.77. The Morgan fingerprint density at radius 1 is 1.20 bits per heavy atom. The molecule has 0 spiro atoms. The van der Waals surface area contributed by atoms with Gasteiger partial charge in [0.15, 0.2) is 0 Å². The number of piperidine rings is 1. The van der Waals surface area contributed by atoms with Crippen LogP contribution in [-0.4, -0.2) is 66.5 Å². The lowest BCUT2D eigenvalue weighted by molar-refractivity contribution is -0.126. The van der Waals surface area contributed by atoms with Gasteiger partial charge in [-0.3, -0.25) is 0 Å².